The molecule has 0 fully saturated rings. The number of nitrogens with zero attached hydrogens (tertiary/aromatic N) is 1. The van der Waals surface area contributed by atoms with Crippen molar-refractivity contribution in [3.63, 3.8) is 0 Å². The molecule has 0 saturated heterocycles. The minimum atomic E-state index is 0.458. The fourth-order valence-electron chi connectivity index (χ4n) is 2.13. The van der Waals surface area contributed by atoms with Gasteiger partial charge < -0.3 is 9.47 Å². The van der Waals surface area contributed by atoms with E-state index in [1.165, 1.54) is 5.56 Å². The quantitative estimate of drug-likeness (QED) is 0.831. The minimum Gasteiger partial charge on any atom is -0.493 e. The third-order valence-corrected chi connectivity index (χ3v) is 3.49. The minimum absolute atomic E-state index is 0.458. The summed E-state index contributed by atoms with van der Waals surface area (Å²) in [6.07, 6.45) is 0.964. The molecule has 0 amide bonds. The first kappa shape index (κ1) is 14.9. The molecule has 108 valence electrons. The van der Waals surface area contributed by atoms with Crippen molar-refractivity contribution in [1.29, 1.82) is 5.26 Å². The van der Waals surface area contributed by atoms with Gasteiger partial charge in [0.2, 0.25) is 0 Å². The molecule has 21 heavy (non-hydrogen) atoms. The Bertz CT molecular complexity index is 671. The molecule has 0 aliphatic heterocycles. The zero-order chi connectivity index (χ0) is 15.2. The second kappa shape index (κ2) is 6.81. The summed E-state index contributed by atoms with van der Waals surface area (Å²) in [7, 11) is 1.65. The summed E-state index contributed by atoms with van der Waals surface area (Å²) in [5.41, 5.74) is 4.00. The van der Waals surface area contributed by atoms with Gasteiger partial charge in [0.05, 0.1) is 18.7 Å². The van der Waals surface area contributed by atoms with Crippen molar-refractivity contribution >= 4 is 0 Å². The first-order chi connectivity index (χ1) is 10.2. The number of hydrogen-bond acceptors (Lipinski definition) is 3. The maximum Gasteiger partial charge on any atom is 0.161 e. The molecule has 0 atom stereocenters. The Kier molecular flexibility index (Phi) is 4.84. The fraction of sp³-hybridized carbons (Fsp3) is 0.278. The molecule has 0 spiro atoms. The third kappa shape index (κ3) is 3.55. The Hall–Kier alpha value is -2.47. The van der Waals surface area contributed by atoms with E-state index in [2.05, 4.69) is 13.0 Å². The monoisotopic (exact) mass is 281 g/mol. The highest BCUT2D eigenvalue weighted by Gasteiger charge is 2.07. The third-order valence-electron chi connectivity index (χ3n) is 3.49. The van der Waals surface area contributed by atoms with Crippen LogP contribution in [0.15, 0.2) is 36.4 Å². The molecule has 0 aliphatic carbocycles. The largest absolute Gasteiger partial charge is 0.493 e. The number of hydrogen-bond donors (Lipinski definition) is 0. The van der Waals surface area contributed by atoms with E-state index in [0.29, 0.717) is 12.2 Å². The molecule has 0 radical (unpaired) electrons. The van der Waals surface area contributed by atoms with E-state index in [0.717, 1.165) is 29.0 Å². The van der Waals surface area contributed by atoms with Crippen LogP contribution in [0.2, 0.25) is 0 Å². The molecule has 2 rings (SSSR count). The Morgan fingerprint density at radius 3 is 2.52 bits per heavy atom. The number of aryl methyl sites for hydroxylation is 2. The molecular weight excluding hydrogens is 262 g/mol. The number of ether oxygens (including phenoxy) is 2. The van der Waals surface area contributed by atoms with Crippen molar-refractivity contribution in [1.82, 2.24) is 0 Å². The number of nitriles is 1. The molecule has 0 aromatic heterocycles. The van der Waals surface area contributed by atoms with Crippen LogP contribution in [0.4, 0.5) is 0 Å². The van der Waals surface area contributed by atoms with Gasteiger partial charge >= 0.3 is 0 Å². The summed E-state index contributed by atoms with van der Waals surface area (Å²) in [5, 5.41) is 8.88. The first-order valence-corrected chi connectivity index (χ1v) is 6.97. The molecule has 3 nitrogen and oxygen atoms in total. The van der Waals surface area contributed by atoms with Gasteiger partial charge in [-0.05, 0) is 54.3 Å². The smallest absolute Gasteiger partial charge is 0.161 e. The molecule has 0 bridgehead atoms. The Balaban J connectivity index is 2.15. The van der Waals surface area contributed by atoms with E-state index in [4.69, 9.17) is 14.7 Å². The highest BCUT2D eigenvalue weighted by atomic mass is 16.5. The molecule has 3 heteroatoms. The van der Waals surface area contributed by atoms with E-state index in [-0.39, 0.29) is 0 Å². The maximum absolute atomic E-state index is 8.88. The van der Waals surface area contributed by atoms with Crippen LogP contribution in [0, 0.1) is 18.3 Å². The van der Waals surface area contributed by atoms with E-state index >= 15 is 0 Å². The fourth-order valence-corrected chi connectivity index (χ4v) is 2.13. The summed E-state index contributed by atoms with van der Waals surface area (Å²) in [4.78, 5) is 0. The van der Waals surface area contributed by atoms with E-state index in [1.807, 2.05) is 43.3 Å². The molecule has 0 heterocycles. The Labute approximate surface area is 125 Å². The standard InChI is InChI=1S/C18H19NO2/c1-4-14-6-8-17(18(10-14)20-3)21-12-16-7-5-15(11-19)9-13(16)2/h5-10H,4,12H2,1-3H3. The van der Waals surface area contributed by atoms with Crippen molar-refractivity contribution in [3.8, 4) is 17.6 Å². The van der Waals surface area contributed by atoms with Crippen molar-refractivity contribution in [2.45, 2.75) is 26.9 Å². The van der Waals surface area contributed by atoms with Gasteiger partial charge in [0, 0.05) is 0 Å². The highest BCUT2D eigenvalue weighted by molar-refractivity contribution is 5.43. The molecule has 2 aromatic rings. The van der Waals surface area contributed by atoms with Crippen LogP contribution in [-0.2, 0) is 13.0 Å². The first-order valence-electron chi connectivity index (χ1n) is 6.97. The van der Waals surface area contributed by atoms with Gasteiger partial charge in [-0.3, -0.25) is 0 Å². The SMILES string of the molecule is CCc1ccc(OCc2ccc(C#N)cc2C)c(OC)c1. The molecule has 0 aliphatic rings. The van der Waals surface area contributed by atoms with Crippen molar-refractivity contribution in [2.75, 3.05) is 7.11 Å². The summed E-state index contributed by atoms with van der Waals surface area (Å²) in [5.74, 6) is 1.49. The van der Waals surface area contributed by atoms with Crippen LogP contribution in [0.5, 0.6) is 11.5 Å². The Morgan fingerprint density at radius 1 is 1.10 bits per heavy atom. The van der Waals surface area contributed by atoms with E-state index in [1.54, 1.807) is 7.11 Å². The lowest BCUT2D eigenvalue weighted by Gasteiger charge is -2.13. The van der Waals surface area contributed by atoms with Gasteiger partial charge in [0.25, 0.3) is 0 Å². The maximum atomic E-state index is 8.88. The van der Waals surface area contributed by atoms with Gasteiger partial charge in [-0.1, -0.05) is 19.1 Å². The zero-order valence-electron chi connectivity index (χ0n) is 12.6. The van der Waals surface area contributed by atoms with Gasteiger partial charge in [-0.15, -0.1) is 0 Å². The van der Waals surface area contributed by atoms with Gasteiger partial charge in [0.15, 0.2) is 11.5 Å². The lowest BCUT2D eigenvalue weighted by molar-refractivity contribution is 0.283. The number of benzene rings is 2. The summed E-state index contributed by atoms with van der Waals surface area (Å²) in [6, 6.07) is 13.7. The molecule has 0 saturated carbocycles. The summed E-state index contributed by atoms with van der Waals surface area (Å²) in [6.45, 7) is 4.55. The Morgan fingerprint density at radius 2 is 1.90 bits per heavy atom. The topological polar surface area (TPSA) is 42.2 Å². The van der Waals surface area contributed by atoms with Crippen molar-refractivity contribution in [2.24, 2.45) is 0 Å². The van der Waals surface area contributed by atoms with Crippen LogP contribution in [0.1, 0.15) is 29.2 Å². The van der Waals surface area contributed by atoms with Gasteiger partial charge in [-0.2, -0.15) is 5.26 Å². The lowest BCUT2D eigenvalue weighted by atomic mass is 10.1. The van der Waals surface area contributed by atoms with Crippen LogP contribution in [0.3, 0.4) is 0 Å². The molecular formula is C18H19NO2. The molecule has 0 N–H and O–H groups in total. The molecule has 2 aromatic carbocycles. The van der Waals surface area contributed by atoms with Crippen molar-refractivity contribution < 1.29 is 9.47 Å². The van der Waals surface area contributed by atoms with Gasteiger partial charge in [0.1, 0.15) is 6.61 Å². The van der Waals surface area contributed by atoms with E-state index in [9.17, 15) is 0 Å². The average molecular weight is 281 g/mol. The van der Waals surface area contributed by atoms with Crippen LogP contribution in [-0.4, -0.2) is 7.11 Å². The normalized spacial score (nSPS) is 10.0. The zero-order valence-corrected chi connectivity index (χ0v) is 12.6. The summed E-state index contributed by atoms with van der Waals surface area (Å²) < 4.78 is 11.2. The number of methoxy groups -OCH3 is 1. The van der Waals surface area contributed by atoms with Crippen LogP contribution >= 0.6 is 0 Å². The molecule has 0 unspecified atom stereocenters. The van der Waals surface area contributed by atoms with Crippen molar-refractivity contribution in [3.05, 3.63) is 58.7 Å². The van der Waals surface area contributed by atoms with Crippen LogP contribution < -0.4 is 9.47 Å². The lowest BCUT2D eigenvalue weighted by Crippen LogP contribution is -2.00. The van der Waals surface area contributed by atoms with Gasteiger partial charge in [-0.25, -0.2) is 0 Å². The highest BCUT2D eigenvalue weighted by Crippen LogP contribution is 2.29. The van der Waals surface area contributed by atoms with E-state index < -0.39 is 0 Å². The summed E-state index contributed by atoms with van der Waals surface area (Å²) >= 11 is 0. The second-order valence-electron chi connectivity index (χ2n) is 4.88. The number of rotatable bonds is 5. The van der Waals surface area contributed by atoms with Crippen LogP contribution in [0.25, 0.3) is 0 Å². The predicted octanol–water partition coefficient (Wildman–Crippen LogP) is 4.02. The second-order valence-corrected chi connectivity index (χ2v) is 4.88. The average Bonchev–Trinajstić information content (AvgIpc) is 2.53. The predicted molar refractivity (Wildman–Crippen MR) is 82.6 cm³/mol.